The van der Waals surface area contributed by atoms with Crippen LogP contribution in [0.3, 0.4) is 0 Å². The van der Waals surface area contributed by atoms with E-state index in [9.17, 15) is 34.6 Å². The molecule has 5 rings (SSSR count). The van der Waals surface area contributed by atoms with Crippen molar-refractivity contribution < 1.29 is 39.3 Å². The number of rotatable bonds is 10. The van der Waals surface area contributed by atoms with Crippen LogP contribution < -0.4 is 16.2 Å². The first-order valence-corrected chi connectivity index (χ1v) is 15.2. The summed E-state index contributed by atoms with van der Waals surface area (Å²) >= 11 is 0. The lowest BCUT2D eigenvalue weighted by atomic mass is 9.75. The van der Waals surface area contributed by atoms with Crippen LogP contribution in [0.25, 0.3) is 0 Å². The number of aliphatic carboxylic acids is 1. The standard InChI is InChI=1S/C31H39B2N2O8/c36-17-23-7-5-21(14-27(23)32-41)30(39)34-25-9-1-19(2-10-25)13-20-3-11-26(12-4-20)35(16-29(37)38)31(40)22-6-8-24-18-43-33(42)28(24)15-22/h5-8,14-15,19-20,25-26,36,41-42H,1-4,9-13,16-18H2,(H,34,39)(H,37,38). The molecule has 1 aliphatic heterocycles. The highest BCUT2D eigenvalue weighted by Crippen LogP contribution is 2.37. The number of carbonyl (C=O) groups excluding carboxylic acids is 2. The van der Waals surface area contributed by atoms with Crippen molar-refractivity contribution in [1.82, 2.24) is 10.2 Å². The molecule has 0 bridgehead atoms. The van der Waals surface area contributed by atoms with Gasteiger partial charge >= 0.3 is 20.6 Å². The van der Waals surface area contributed by atoms with E-state index >= 15 is 0 Å². The summed E-state index contributed by atoms with van der Waals surface area (Å²) in [6.45, 7) is -0.281. The first-order chi connectivity index (χ1) is 20.7. The lowest BCUT2D eigenvalue weighted by Gasteiger charge is -2.38. The van der Waals surface area contributed by atoms with Gasteiger partial charge in [-0.3, -0.25) is 14.4 Å². The quantitative estimate of drug-likeness (QED) is 0.258. The summed E-state index contributed by atoms with van der Waals surface area (Å²) in [6, 6.07) is 9.90. The van der Waals surface area contributed by atoms with E-state index in [-0.39, 0.29) is 43.7 Å². The van der Waals surface area contributed by atoms with Crippen molar-refractivity contribution in [1.29, 1.82) is 0 Å². The number of hydrogen-bond donors (Lipinski definition) is 5. The van der Waals surface area contributed by atoms with E-state index in [2.05, 4.69) is 5.32 Å². The van der Waals surface area contributed by atoms with E-state index in [0.717, 1.165) is 70.8 Å². The van der Waals surface area contributed by atoms with Gasteiger partial charge in [-0.2, -0.15) is 0 Å². The molecule has 0 spiro atoms. The highest BCUT2D eigenvalue weighted by atomic mass is 16.5. The molecule has 5 N–H and O–H groups in total. The van der Waals surface area contributed by atoms with Gasteiger partial charge < -0.3 is 35.1 Å². The number of aliphatic hydroxyl groups excluding tert-OH is 1. The number of nitrogens with one attached hydrogen (secondary N) is 1. The summed E-state index contributed by atoms with van der Waals surface area (Å²) in [6.07, 6.45) is 8.36. The number of benzene rings is 2. The molecule has 227 valence electrons. The summed E-state index contributed by atoms with van der Waals surface area (Å²) < 4.78 is 5.23. The van der Waals surface area contributed by atoms with E-state index in [1.54, 1.807) is 36.4 Å². The smallest absolute Gasteiger partial charge is 0.480 e. The van der Waals surface area contributed by atoms with Crippen molar-refractivity contribution in [3.05, 3.63) is 58.7 Å². The predicted molar refractivity (Wildman–Crippen MR) is 161 cm³/mol. The molecule has 12 heteroatoms. The molecule has 1 heterocycles. The second-order valence-corrected chi connectivity index (χ2v) is 12.2. The largest absolute Gasteiger partial charge is 0.491 e. The minimum Gasteiger partial charge on any atom is -0.480 e. The first kappa shape index (κ1) is 31.3. The van der Waals surface area contributed by atoms with E-state index in [1.165, 1.54) is 4.90 Å². The summed E-state index contributed by atoms with van der Waals surface area (Å²) in [5.41, 5.74) is 3.20. The van der Waals surface area contributed by atoms with Gasteiger partial charge in [-0.15, -0.1) is 0 Å². The maximum Gasteiger partial charge on any atom is 0.491 e. The maximum atomic E-state index is 13.4. The summed E-state index contributed by atoms with van der Waals surface area (Å²) in [7, 11) is -0.167. The van der Waals surface area contributed by atoms with Crippen LogP contribution in [0.5, 0.6) is 0 Å². The second kappa shape index (κ2) is 14.1. The normalized spacial score (nSPS) is 23.4. The van der Waals surface area contributed by atoms with Crippen LogP contribution in [0.1, 0.15) is 89.6 Å². The van der Waals surface area contributed by atoms with Gasteiger partial charge in [-0.05, 0) is 110 Å². The molecule has 43 heavy (non-hydrogen) atoms. The lowest BCUT2D eigenvalue weighted by molar-refractivity contribution is -0.138. The molecule has 0 aromatic heterocycles. The second-order valence-electron chi connectivity index (χ2n) is 12.2. The van der Waals surface area contributed by atoms with Gasteiger partial charge in [0.15, 0.2) is 0 Å². The minimum atomic E-state index is -1.07. The molecule has 1 radical (unpaired) electrons. The van der Waals surface area contributed by atoms with Gasteiger partial charge in [0.25, 0.3) is 11.8 Å². The Labute approximate surface area is 252 Å². The summed E-state index contributed by atoms with van der Waals surface area (Å²) in [5.74, 6) is -0.453. The van der Waals surface area contributed by atoms with Crippen molar-refractivity contribution in [2.75, 3.05) is 6.54 Å². The van der Waals surface area contributed by atoms with E-state index in [4.69, 9.17) is 4.65 Å². The van der Waals surface area contributed by atoms with Crippen LogP contribution in [0.4, 0.5) is 0 Å². The number of aliphatic hydroxyl groups is 1. The Balaban J connectivity index is 1.09. The fourth-order valence-corrected chi connectivity index (χ4v) is 7.00. The number of nitrogens with zero attached hydrogens (tertiary/aromatic N) is 1. The summed E-state index contributed by atoms with van der Waals surface area (Å²) in [4.78, 5) is 39.4. The number of amides is 2. The average molecular weight is 589 g/mol. The predicted octanol–water partition coefficient (Wildman–Crippen LogP) is 1.10. The molecule has 0 unspecified atom stereocenters. The Morgan fingerprint density at radius 1 is 0.953 bits per heavy atom. The molecule has 0 atom stereocenters. The van der Waals surface area contributed by atoms with Gasteiger partial charge in [0.05, 0.1) is 13.2 Å². The topological polar surface area (TPSA) is 157 Å². The molecular weight excluding hydrogens is 550 g/mol. The van der Waals surface area contributed by atoms with E-state index in [0.29, 0.717) is 39.5 Å². The molecule has 10 nitrogen and oxygen atoms in total. The Hall–Kier alpha value is -3.18. The fourth-order valence-electron chi connectivity index (χ4n) is 7.00. The molecule has 2 aromatic rings. The SMILES string of the molecule is O=C(O)CN(C(=O)c1ccc2c(c1)B(O)OC2)C1CCC(CC2CCC(NC(=O)c3ccc(CO)c([B]O)c3)CC2)CC1. The van der Waals surface area contributed by atoms with Crippen molar-refractivity contribution in [3.63, 3.8) is 0 Å². The zero-order valence-corrected chi connectivity index (χ0v) is 24.3. The van der Waals surface area contributed by atoms with E-state index in [1.807, 2.05) is 0 Å². The molecular formula is C31H39B2N2O8. The Morgan fingerprint density at radius 3 is 2.28 bits per heavy atom. The number of fused-ring (bicyclic) bond motifs is 1. The maximum absolute atomic E-state index is 13.4. The van der Waals surface area contributed by atoms with Crippen molar-refractivity contribution in [2.45, 2.75) is 83.1 Å². The average Bonchev–Trinajstić information content (AvgIpc) is 3.40. The van der Waals surface area contributed by atoms with E-state index < -0.39 is 13.1 Å². The minimum absolute atomic E-state index is 0.0982. The zero-order chi connectivity index (χ0) is 30.5. The molecule has 2 fully saturated rings. The number of carboxylic acids is 1. The monoisotopic (exact) mass is 589 g/mol. The Kier molecular flexibility index (Phi) is 10.2. The first-order valence-electron chi connectivity index (χ1n) is 15.2. The third-order valence-corrected chi connectivity index (χ3v) is 9.45. The summed E-state index contributed by atoms with van der Waals surface area (Å²) in [5, 5.41) is 41.5. The fraction of sp³-hybridized carbons (Fsp3) is 0.516. The molecule has 2 aromatic carbocycles. The van der Waals surface area contributed by atoms with Crippen LogP contribution in [-0.2, 0) is 22.7 Å². The third-order valence-electron chi connectivity index (χ3n) is 9.45. The highest BCUT2D eigenvalue weighted by Gasteiger charge is 2.34. The molecule has 2 aliphatic carbocycles. The van der Waals surface area contributed by atoms with Crippen LogP contribution in [-0.4, -0.2) is 76.2 Å². The molecule has 3 aliphatic rings. The zero-order valence-electron chi connectivity index (χ0n) is 24.3. The van der Waals surface area contributed by atoms with Gasteiger partial charge in [0.1, 0.15) is 6.54 Å². The van der Waals surface area contributed by atoms with Crippen molar-refractivity contribution in [3.8, 4) is 0 Å². The number of carboxylic acid groups (broad SMARTS) is 1. The van der Waals surface area contributed by atoms with Gasteiger partial charge in [-0.25, -0.2) is 0 Å². The van der Waals surface area contributed by atoms with Crippen molar-refractivity contribution >= 4 is 43.3 Å². The van der Waals surface area contributed by atoms with Gasteiger partial charge in [-0.1, -0.05) is 18.2 Å². The van der Waals surface area contributed by atoms with Crippen molar-refractivity contribution in [2.24, 2.45) is 11.8 Å². The number of carbonyl (C=O) groups is 3. The Bertz CT molecular complexity index is 1320. The molecule has 2 saturated carbocycles. The van der Waals surface area contributed by atoms with Crippen LogP contribution in [0.15, 0.2) is 36.4 Å². The van der Waals surface area contributed by atoms with Gasteiger partial charge in [0.2, 0.25) is 0 Å². The Morgan fingerprint density at radius 2 is 1.63 bits per heavy atom. The number of hydrogen-bond acceptors (Lipinski definition) is 7. The lowest BCUT2D eigenvalue weighted by Crippen LogP contribution is -2.45. The molecule has 2 amide bonds. The van der Waals surface area contributed by atoms with Crippen LogP contribution >= 0.6 is 0 Å². The van der Waals surface area contributed by atoms with Gasteiger partial charge in [0, 0.05) is 23.2 Å². The molecule has 0 saturated heterocycles. The highest BCUT2D eigenvalue weighted by molar-refractivity contribution is 6.61. The van der Waals surface area contributed by atoms with Crippen LogP contribution in [0.2, 0.25) is 0 Å². The van der Waals surface area contributed by atoms with Crippen LogP contribution in [0, 0.1) is 11.8 Å². The third kappa shape index (κ3) is 7.49.